The van der Waals surface area contributed by atoms with Gasteiger partial charge in [0.2, 0.25) is 11.8 Å². The van der Waals surface area contributed by atoms with E-state index in [1.165, 1.54) is 12.4 Å². The molecule has 8 heteroatoms. The summed E-state index contributed by atoms with van der Waals surface area (Å²) in [6.45, 7) is 0. The van der Waals surface area contributed by atoms with Crippen LogP contribution in [0.1, 0.15) is 17.5 Å². The molecule has 2 amide bonds. The van der Waals surface area contributed by atoms with Crippen LogP contribution >= 0.6 is 0 Å². The third-order valence-corrected chi connectivity index (χ3v) is 3.65. The number of rotatable bonds is 6. The van der Waals surface area contributed by atoms with Gasteiger partial charge in [-0.1, -0.05) is 0 Å². The smallest absolute Gasteiger partial charge is 0.244 e. The van der Waals surface area contributed by atoms with Crippen molar-refractivity contribution in [3.8, 4) is 0 Å². The van der Waals surface area contributed by atoms with E-state index in [1.807, 2.05) is 0 Å². The Kier molecular flexibility index (Phi) is 5.20. The van der Waals surface area contributed by atoms with Gasteiger partial charge < -0.3 is 0 Å². The molecule has 0 saturated heterocycles. The number of amides is 2. The number of carbonyl (C=O) groups is 2. The minimum atomic E-state index is -0.370. The molecule has 1 unspecified atom stereocenters. The molecule has 1 aliphatic carbocycles. The van der Waals surface area contributed by atoms with Crippen LogP contribution in [0.2, 0.25) is 0 Å². The van der Waals surface area contributed by atoms with Gasteiger partial charge in [-0.15, -0.1) is 0 Å². The van der Waals surface area contributed by atoms with E-state index in [0.29, 0.717) is 6.42 Å². The molecule has 0 aromatic carbocycles. The molecule has 0 spiro atoms. The lowest BCUT2D eigenvalue weighted by Gasteiger charge is -1.99. The van der Waals surface area contributed by atoms with Gasteiger partial charge in [0.05, 0.1) is 24.3 Å². The van der Waals surface area contributed by atoms with Gasteiger partial charge in [0, 0.05) is 24.8 Å². The van der Waals surface area contributed by atoms with E-state index in [-0.39, 0.29) is 23.7 Å². The van der Waals surface area contributed by atoms with Gasteiger partial charge in [0.1, 0.15) is 0 Å². The second kappa shape index (κ2) is 7.91. The summed E-state index contributed by atoms with van der Waals surface area (Å²) in [5, 5.41) is 7.76. The number of aromatic nitrogens is 2. The molecule has 1 aliphatic rings. The maximum Gasteiger partial charge on any atom is 0.244 e. The molecule has 1 saturated carbocycles. The van der Waals surface area contributed by atoms with Gasteiger partial charge in [0.25, 0.3) is 0 Å². The van der Waals surface area contributed by atoms with Gasteiger partial charge in [-0.3, -0.25) is 19.6 Å². The lowest BCUT2D eigenvalue weighted by Crippen LogP contribution is -2.25. The normalized spacial score (nSPS) is 19.0. The van der Waals surface area contributed by atoms with Crippen molar-refractivity contribution in [2.75, 3.05) is 0 Å². The molecule has 3 rings (SSSR count). The Hall–Kier alpha value is -3.42. The largest absolute Gasteiger partial charge is 0.273 e. The summed E-state index contributed by atoms with van der Waals surface area (Å²) >= 11 is 0. The number of hydrogen-bond acceptors (Lipinski definition) is 6. The summed E-state index contributed by atoms with van der Waals surface area (Å²) in [6.07, 6.45) is 10.1. The van der Waals surface area contributed by atoms with Gasteiger partial charge in [-0.05, 0) is 41.8 Å². The number of carbonyl (C=O) groups excluding carboxylic acids is 2. The zero-order valence-corrected chi connectivity index (χ0v) is 13.2. The molecule has 126 valence electrons. The van der Waals surface area contributed by atoms with Gasteiger partial charge in [0.15, 0.2) is 0 Å². The van der Waals surface area contributed by atoms with Crippen molar-refractivity contribution in [1.82, 2.24) is 20.8 Å². The first-order valence-electron chi connectivity index (χ1n) is 7.70. The molecule has 2 aromatic rings. The zero-order valence-electron chi connectivity index (χ0n) is 13.2. The minimum Gasteiger partial charge on any atom is -0.273 e. The topological polar surface area (TPSA) is 109 Å². The van der Waals surface area contributed by atoms with Crippen LogP contribution < -0.4 is 10.9 Å². The SMILES string of the molecule is O=C(NN=Cc1ccncc1)C1C[C@@H]1C(=O)NN=Cc1ccncc1. The zero-order chi connectivity index (χ0) is 17.5. The van der Waals surface area contributed by atoms with Crippen molar-refractivity contribution in [2.45, 2.75) is 6.42 Å². The van der Waals surface area contributed by atoms with Crippen LogP contribution in [0, 0.1) is 11.8 Å². The predicted octanol–water partition coefficient (Wildman–Crippen LogP) is 0.713. The fourth-order valence-corrected chi connectivity index (χ4v) is 2.18. The molecule has 25 heavy (non-hydrogen) atoms. The van der Waals surface area contributed by atoms with E-state index in [4.69, 9.17) is 0 Å². The Bertz CT molecular complexity index is 724. The average molecular weight is 336 g/mol. The molecule has 0 aliphatic heterocycles. The number of nitrogens with one attached hydrogen (secondary N) is 2. The van der Waals surface area contributed by atoms with E-state index in [2.05, 4.69) is 31.0 Å². The van der Waals surface area contributed by atoms with E-state index >= 15 is 0 Å². The molecule has 0 radical (unpaired) electrons. The summed E-state index contributed by atoms with van der Waals surface area (Å²) < 4.78 is 0. The van der Waals surface area contributed by atoms with Crippen LogP contribution in [0.25, 0.3) is 0 Å². The highest BCUT2D eigenvalue weighted by Crippen LogP contribution is 2.38. The first kappa shape index (κ1) is 16.4. The van der Waals surface area contributed by atoms with E-state index in [9.17, 15) is 9.59 Å². The van der Waals surface area contributed by atoms with Crippen LogP contribution in [0.15, 0.2) is 59.3 Å². The van der Waals surface area contributed by atoms with E-state index < -0.39 is 0 Å². The molecule has 2 N–H and O–H groups in total. The van der Waals surface area contributed by atoms with Gasteiger partial charge in [-0.2, -0.15) is 10.2 Å². The van der Waals surface area contributed by atoms with Crippen molar-refractivity contribution >= 4 is 24.2 Å². The van der Waals surface area contributed by atoms with Crippen LogP contribution in [0.3, 0.4) is 0 Å². The Morgan fingerprint density at radius 3 is 1.64 bits per heavy atom. The molecule has 2 aromatic heterocycles. The quantitative estimate of drug-likeness (QED) is 0.598. The summed E-state index contributed by atoms with van der Waals surface area (Å²) in [5.74, 6) is -1.29. The number of pyridine rings is 2. The van der Waals surface area contributed by atoms with Crippen molar-refractivity contribution < 1.29 is 9.59 Å². The van der Waals surface area contributed by atoms with E-state index in [1.54, 1.807) is 49.1 Å². The highest BCUT2D eigenvalue weighted by Gasteiger charge is 2.48. The standard InChI is InChI=1S/C17H16N6O2/c24-16(22-20-10-12-1-5-18-6-2-12)14-9-15(14)17(25)23-21-11-13-3-7-19-8-4-13/h1-8,10-11,14-15H,9H2,(H,22,24)(H,23,25)/t14-,15?/m0/s1. The Balaban J connectivity index is 1.42. The third kappa shape index (κ3) is 4.77. The Morgan fingerprint density at radius 2 is 1.24 bits per heavy atom. The second-order valence-electron chi connectivity index (χ2n) is 5.48. The van der Waals surface area contributed by atoms with Crippen LogP contribution in [0.5, 0.6) is 0 Å². The molecule has 2 atom stereocenters. The second-order valence-corrected chi connectivity index (χ2v) is 5.48. The van der Waals surface area contributed by atoms with Gasteiger partial charge >= 0.3 is 0 Å². The molecular weight excluding hydrogens is 320 g/mol. The predicted molar refractivity (Wildman–Crippen MR) is 91.5 cm³/mol. The van der Waals surface area contributed by atoms with Crippen molar-refractivity contribution in [3.63, 3.8) is 0 Å². The lowest BCUT2D eigenvalue weighted by atomic mass is 10.3. The monoisotopic (exact) mass is 336 g/mol. The fraction of sp³-hybridized carbons (Fsp3) is 0.176. The third-order valence-electron chi connectivity index (χ3n) is 3.65. The Labute approximate surface area is 144 Å². The summed E-state index contributed by atoms with van der Waals surface area (Å²) in [4.78, 5) is 31.7. The first-order chi connectivity index (χ1) is 12.2. The molecule has 8 nitrogen and oxygen atoms in total. The minimum absolute atomic E-state index is 0.274. The highest BCUT2D eigenvalue weighted by molar-refractivity contribution is 5.93. The average Bonchev–Trinajstić information content (AvgIpc) is 3.44. The molecule has 0 bridgehead atoms. The number of hydrogen-bond donors (Lipinski definition) is 2. The maximum atomic E-state index is 11.9. The molecular formula is C17H16N6O2. The molecule has 2 heterocycles. The van der Waals surface area contributed by atoms with Crippen LogP contribution in [0.4, 0.5) is 0 Å². The number of nitrogens with zero attached hydrogens (tertiary/aromatic N) is 4. The van der Waals surface area contributed by atoms with Crippen LogP contribution in [-0.4, -0.2) is 34.2 Å². The molecule has 1 fully saturated rings. The number of hydrazone groups is 2. The van der Waals surface area contributed by atoms with Crippen molar-refractivity contribution in [1.29, 1.82) is 0 Å². The maximum absolute atomic E-state index is 11.9. The summed E-state index contributed by atoms with van der Waals surface area (Å²) in [7, 11) is 0. The fourth-order valence-electron chi connectivity index (χ4n) is 2.18. The van der Waals surface area contributed by atoms with Crippen molar-refractivity contribution in [2.24, 2.45) is 22.0 Å². The van der Waals surface area contributed by atoms with Crippen molar-refractivity contribution in [3.05, 3.63) is 60.2 Å². The summed E-state index contributed by atoms with van der Waals surface area (Å²) in [6, 6.07) is 7.07. The summed E-state index contributed by atoms with van der Waals surface area (Å²) in [5.41, 5.74) is 6.54. The van der Waals surface area contributed by atoms with E-state index in [0.717, 1.165) is 11.1 Å². The lowest BCUT2D eigenvalue weighted by molar-refractivity contribution is -0.127. The first-order valence-corrected chi connectivity index (χ1v) is 7.70. The van der Waals surface area contributed by atoms with Crippen LogP contribution in [-0.2, 0) is 9.59 Å². The highest BCUT2D eigenvalue weighted by atomic mass is 16.2. The van der Waals surface area contributed by atoms with Gasteiger partial charge in [-0.25, -0.2) is 10.9 Å². The Morgan fingerprint density at radius 1 is 0.840 bits per heavy atom.